The van der Waals surface area contributed by atoms with E-state index in [1.807, 2.05) is 12.1 Å². The van der Waals surface area contributed by atoms with Crippen LogP contribution in [-0.4, -0.2) is 18.5 Å². The van der Waals surface area contributed by atoms with Gasteiger partial charge in [0.05, 0.1) is 0 Å². The number of ether oxygens (including phenoxy) is 1. The van der Waals surface area contributed by atoms with E-state index in [2.05, 4.69) is 15.9 Å². The van der Waals surface area contributed by atoms with Crippen LogP contribution in [0.1, 0.15) is 18.4 Å². The van der Waals surface area contributed by atoms with Crippen molar-refractivity contribution in [3.05, 3.63) is 35.6 Å². The monoisotopic (exact) mass is 286 g/mol. The summed E-state index contributed by atoms with van der Waals surface area (Å²) < 4.78 is 19.0. The molecule has 1 aliphatic heterocycles. The lowest BCUT2D eigenvalue weighted by atomic mass is 9.77. The Balaban J connectivity index is 2.15. The first-order valence-electron chi connectivity index (χ1n) is 5.63. The van der Waals surface area contributed by atoms with Crippen molar-refractivity contribution in [1.82, 2.24) is 0 Å². The average molecular weight is 287 g/mol. The molecule has 0 unspecified atom stereocenters. The highest BCUT2D eigenvalue weighted by Crippen LogP contribution is 2.36. The van der Waals surface area contributed by atoms with Gasteiger partial charge in [-0.2, -0.15) is 0 Å². The van der Waals surface area contributed by atoms with Gasteiger partial charge in [-0.05, 0) is 36.3 Å². The van der Waals surface area contributed by atoms with Gasteiger partial charge in [0.25, 0.3) is 0 Å². The Labute approximate surface area is 104 Å². The summed E-state index contributed by atoms with van der Waals surface area (Å²) in [7, 11) is 0. The zero-order valence-corrected chi connectivity index (χ0v) is 10.8. The van der Waals surface area contributed by atoms with Crippen LogP contribution in [0.3, 0.4) is 0 Å². The van der Waals surface area contributed by atoms with E-state index in [0.717, 1.165) is 43.4 Å². The lowest BCUT2D eigenvalue weighted by Gasteiger charge is -2.35. The van der Waals surface area contributed by atoms with Crippen molar-refractivity contribution >= 4 is 15.9 Å². The van der Waals surface area contributed by atoms with Gasteiger partial charge in [-0.15, -0.1) is 0 Å². The van der Waals surface area contributed by atoms with Crippen molar-refractivity contribution < 1.29 is 9.13 Å². The lowest BCUT2D eigenvalue weighted by molar-refractivity contribution is 0.0266. The highest BCUT2D eigenvalue weighted by molar-refractivity contribution is 9.09. The Bertz CT molecular complexity index is 348. The van der Waals surface area contributed by atoms with Crippen LogP contribution in [0.2, 0.25) is 0 Å². The SMILES string of the molecule is Fc1ccccc1CC1(CBr)CCOCC1. The maximum Gasteiger partial charge on any atom is 0.126 e. The Morgan fingerprint density at radius 3 is 2.56 bits per heavy atom. The summed E-state index contributed by atoms with van der Waals surface area (Å²) in [6.45, 7) is 1.58. The third kappa shape index (κ3) is 2.64. The molecular formula is C13H16BrFO. The highest BCUT2D eigenvalue weighted by atomic mass is 79.9. The number of hydrogen-bond acceptors (Lipinski definition) is 1. The number of halogens is 2. The van der Waals surface area contributed by atoms with E-state index in [9.17, 15) is 4.39 Å². The predicted molar refractivity (Wildman–Crippen MR) is 66.4 cm³/mol. The highest BCUT2D eigenvalue weighted by Gasteiger charge is 2.32. The summed E-state index contributed by atoms with van der Waals surface area (Å²) in [5, 5.41) is 0.914. The summed E-state index contributed by atoms with van der Waals surface area (Å²) in [4.78, 5) is 0. The normalized spacial score (nSPS) is 19.6. The fourth-order valence-corrected chi connectivity index (χ4v) is 2.97. The third-order valence-corrected chi connectivity index (χ3v) is 4.55. The summed E-state index contributed by atoms with van der Waals surface area (Å²) in [5.74, 6) is -0.0886. The number of alkyl halides is 1. The molecule has 1 saturated heterocycles. The smallest absolute Gasteiger partial charge is 0.126 e. The third-order valence-electron chi connectivity index (χ3n) is 3.36. The van der Waals surface area contributed by atoms with Gasteiger partial charge in [-0.3, -0.25) is 0 Å². The molecule has 0 amide bonds. The molecule has 0 saturated carbocycles. The minimum absolute atomic E-state index is 0.0886. The molecular weight excluding hydrogens is 271 g/mol. The number of benzene rings is 1. The molecule has 1 heterocycles. The molecule has 88 valence electrons. The molecule has 0 spiro atoms. The maximum atomic E-state index is 13.6. The molecule has 0 bridgehead atoms. The van der Waals surface area contributed by atoms with Crippen LogP contribution >= 0.6 is 15.9 Å². The van der Waals surface area contributed by atoms with Gasteiger partial charge in [0.15, 0.2) is 0 Å². The van der Waals surface area contributed by atoms with Crippen molar-refractivity contribution in [2.45, 2.75) is 19.3 Å². The first kappa shape index (κ1) is 12.1. The van der Waals surface area contributed by atoms with Crippen molar-refractivity contribution in [2.75, 3.05) is 18.5 Å². The second-order valence-electron chi connectivity index (χ2n) is 4.51. The van der Waals surface area contributed by atoms with E-state index >= 15 is 0 Å². The van der Waals surface area contributed by atoms with E-state index in [1.165, 1.54) is 6.07 Å². The van der Waals surface area contributed by atoms with Crippen molar-refractivity contribution in [2.24, 2.45) is 5.41 Å². The van der Waals surface area contributed by atoms with Gasteiger partial charge >= 0.3 is 0 Å². The van der Waals surface area contributed by atoms with Gasteiger partial charge < -0.3 is 4.74 Å². The number of rotatable bonds is 3. The summed E-state index contributed by atoms with van der Waals surface area (Å²) in [6, 6.07) is 7.06. The van der Waals surface area contributed by atoms with Gasteiger partial charge in [0.1, 0.15) is 5.82 Å². The van der Waals surface area contributed by atoms with Crippen LogP contribution in [0.15, 0.2) is 24.3 Å². The minimum atomic E-state index is -0.0886. The lowest BCUT2D eigenvalue weighted by Crippen LogP contribution is -2.33. The molecule has 16 heavy (non-hydrogen) atoms. The molecule has 1 fully saturated rings. The Hall–Kier alpha value is -0.410. The summed E-state index contributed by atoms with van der Waals surface area (Å²) in [6.07, 6.45) is 2.81. The van der Waals surface area contributed by atoms with Crippen LogP contribution in [0.25, 0.3) is 0 Å². The Kier molecular flexibility index (Phi) is 3.98. The summed E-state index contributed by atoms with van der Waals surface area (Å²) in [5.41, 5.74) is 0.990. The Morgan fingerprint density at radius 2 is 1.94 bits per heavy atom. The molecule has 0 atom stereocenters. The zero-order chi connectivity index (χ0) is 11.4. The second-order valence-corrected chi connectivity index (χ2v) is 5.07. The van der Waals surface area contributed by atoms with Gasteiger partial charge in [-0.25, -0.2) is 4.39 Å². The number of hydrogen-bond donors (Lipinski definition) is 0. The molecule has 0 radical (unpaired) electrons. The molecule has 1 nitrogen and oxygen atoms in total. The van der Waals surface area contributed by atoms with E-state index in [1.54, 1.807) is 6.07 Å². The van der Waals surface area contributed by atoms with E-state index in [0.29, 0.717) is 0 Å². The topological polar surface area (TPSA) is 9.23 Å². The molecule has 1 aliphatic rings. The van der Waals surface area contributed by atoms with Crippen LogP contribution in [0, 0.1) is 11.2 Å². The molecule has 1 aromatic carbocycles. The van der Waals surface area contributed by atoms with E-state index in [-0.39, 0.29) is 11.2 Å². The zero-order valence-electron chi connectivity index (χ0n) is 9.22. The van der Waals surface area contributed by atoms with Crippen molar-refractivity contribution in [3.63, 3.8) is 0 Å². The van der Waals surface area contributed by atoms with Crippen molar-refractivity contribution in [3.8, 4) is 0 Å². The predicted octanol–water partition coefficient (Wildman–Crippen LogP) is 3.56. The molecule has 0 aliphatic carbocycles. The molecule has 2 rings (SSSR count). The van der Waals surface area contributed by atoms with Crippen LogP contribution in [-0.2, 0) is 11.2 Å². The van der Waals surface area contributed by atoms with Gasteiger partial charge in [0.2, 0.25) is 0 Å². The largest absolute Gasteiger partial charge is 0.381 e. The minimum Gasteiger partial charge on any atom is -0.381 e. The van der Waals surface area contributed by atoms with Crippen LogP contribution < -0.4 is 0 Å². The molecule has 0 N–H and O–H groups in total. The first-order valence-corrected chi connectivity index (χ1v) is 6.75. The quantitative estimate of drug-likeness (QED) is 0.772. The standard InChI is InChI=1S/C13H16BrFO/c14-10-13(5-7-16-8-6-13)9-11-3-1-2-4-12(11)15/h1-4H,5-10H2. The maximum absolute atomic E-state index is 13.6. The fraction of sp³-hybridized carbons (Fsp3) is 0.538. The van der Waals surface area contributed by atoms with Crippen molar-refractivity contribution in [1.29, 1.82) is 0 Å². The Morgan fingerprint density at radius 1 is 1.25 bits per heavy atom. The fourth-order valence-electron chi connectivity index (χ4n) is 2.21. The van der Waals surface area contributed by atoms with Gasteiger partial charge in [0, 0.05) is 18.5 Å². The molecule has 3 heteroatoms. The average Bonchev–Trinajstić information content (AvgIpc) is 2.33. The van der Waals surface area contributed by atoms with Crippen LogP contribution in [0.5, 0.6) is 0 Å². The molecule has 0 aromatic heterocycles. The second kappa shape index (κ2) is 5.28. The van der Waals surface area contributed by atoms with E-state index in [4.69, 9.17) is 4.74 Å². The summed E-state index contributed by atoms with van der Waals surface area (Å²) >= 11 is 3.57. The van der Waals surface area contributed by atoms with Gasteiger partial charge in [-0.1, -0.05) is 34.1 Å². The van der Waals surface area contributed by atoms with Crippen LogP contribution in [0.4, 0.5) is 4.39 Å². The molecule has 1 aromatic rings. The first-order chi connectivity index (χ1) is 7.76. The van der Waals surface area contributed by atoms with E-state index < -0.39 is 0 Å².